The molecule has 0 saturated carbocycles. The van der Waals surface area contributed by atoms with Crippen molar-refractivity contribution >= 4 is 16.0 Å². The topological polar surface area (TPSA) is 99.3 Å². The fourth-order valence-corrected chi connectivity index (χ4v) is 3.08. The third-order valence-electron chi connectivity index (χ3n) is 3.36. The predicted molar refractivity (Wildman–Crippen MR) is 75.8 cm³/mol. The third-order valence-corrected chi connectivity index (χ3v) is 4.82. The SMILES string of the molecule is CC(C)C(CCNS(=O)(=O)c1cc[nH]c1)CCC(=O)O. The number of aromatic amines is 1. The molecule has 20 heavy (non-hydrogen) atoms. The molecule has 0 saturated heterocycles. The van der Waals surface area contributed by atoms with Crippen LogP contribution in [0.2, 0.25) is 0 Å². The van der Waals surface area contributed by atoms with Crippen molar-refractivity contribution in [1.82, 2.24) is 9.71 Å². The van der Waals surface area contributed by atoms with Gasteiger partial charge in [0.25, 0.3) is 0 Å². The maximum atomic E-state index is 11.9. The number of carboxylic acid groups (broad SMARTS) is 1. The smallest absolute Gasteiger partial charge is 0.303 e. The molecule has 0 fully saturated rings. The normalized spacial score (nSPS) is 13.6. The highest BCUT2D eigenvalue weighted by Gasteiger charge is 2.18. The van der Waals surface area contributed by atoms with Crippen LogP contribution in [-0.2, 0) is 14.8 Å². The highest BCUT2D eigenvalue weighted by atomic mass is 32.2. The number of hydrogen-bond donors (Lipinski definition) is 3. The number of aliphatic carboxylic acids is 1. The zero-order chi connectivity index (χ0) is 15.2. The van der Waals surface area contributed by atoms with E-state index in [4.69, 9.17) is 5.11 Å². The van der Waals surface area contributed by atoms with Gasteiger partial charge in [0.2, 0.25) is 10.0 Å². The lowest BCUT2D eigenvalue weighted by Gasteiger charge is -2.20. The van der Waals surface area contributed by atoms with Gasteiger partial charge in [0, 0.05) is 25.4 Å². The highest BCUT2D eigenvalue weighted by molar-refractivity contribution is 7.89. The summed E-state index contributed by atoms with van der Waals surface area (Å²) in [7, 11) is -3.47. The summed E-state index contributed by atoms with van der Waals surface area (Å²) < 4.78 is 26.3. The standard InChI is InChI=1S/C13H22N2O4S/c1-10(2)11(3-4-13(16)17)5-8-15-20(18,19)12-6-7-14-9-12/h6-7,9-11,14-15H,3-5,8H2,1-2H3,(H,16,17). The van der Waals surface area contributed by atoms with Gasteiger partial charge < -0.3 is 10.1 Å². The Morgan fingerprint density at radius 1 is 1.40 bits per heavy atom. The molecular formula is C13H22N2O4S. The summed E-state index contributed by atoms with van der Waals surface area (Å²) in [6.07, 6.45) is 4.30. The molecule has 0 spiro atoms. The fraction of sp³-hybridized carbons (Fsp3) is 0.615. The zero-order valence-corrected chi connectivity index (χ0v) is 12.6. The van der Waals surface area contributed by atoms with Crippen molar-refractivity contribution < 1.29 is 18.3 Å². The van der Waals surface area contributed by atoms with E-state index >= 15 is 0 Å². The van der Waals surface area contributed by atoms with Gasteiger partial charge in [-0.2, -0.15) is 0 Å². The van der Waals surface area contributed by atoms with Crippen molar-refractivity contribution in [3.8, 4) is 0 Å². The maximum absolute atomic E-state index is 11.9. The van der Waals surface area contributed by atoms with Gasteiger partial charge >= 0.3 is 5.97 Å². The molecule has 1 aromatic rings. The van der Waals surface area contributed by atoms with E-state index in [9.17, 15) is 13.2 Å². The van der Waals surface area contributed by atoms with Crippen LogP contribution in [0.4, 0.5) is 0 Å². The van der Waals surface area contributed by atoms with Crippen LogP contribution in [0.25, 0.3) is 0 Å². The van der Waals surface area contributed by atoms with Gasteiger partial charge in [-0.3, -0.25) is 4.79 Å². The molecule has 0 radical (unpaired) electrons. The molecule has 0 aromatic carbocycles. The Balaban J connectivity index is 2.46. The first-order valence-corrected chi connectivity index (χ1v) is 8.15. The van der Waals surface area contributed by atoms with Crippen LogP contribution in [0.15, 0.2) is 23.4 Å². The van der Waals surface area contributed by atoms with Gasteiger partial charge in [0.1, 0.15) is 0 Å². The Morgan fingerprint density at radius 2 is 2.10 bits per heavy atom. The van der Waals surface area contributed by atoms with Crippen molar-refractivity contribution in [2.45, 2.75) is 38.0 Å². The van der Waals surface area contributed by atoms with E-state index in [1.807, 2.05) is 13.8 Å². The maximum Gasteiger partial charge on any atom is 0.303 e. The third kappa shape index (κ3) is 5.34. The largest absolute Gasteiger partial charge is 0.481 e. The van der Waals surface area contributed by atoms with E-state index < -0.39 is 16.0 Å². The summed E-state index contributed by atoms with van der Waals surface area (Å²) in [5, 5.41) is 8.71. The number of carbonyl (C=O) groups is 1. The summed E-state index contributed by atoms with van der Waals surface area (Å²) in [6.45, 7) is 4.36. The molecule has 0 aliphatic heterocycles. The lowest BCUT2D eigenvalue weighted by molar-refractivity contribution is -0.137. The average Bonchev–Trinajstić information content (AvgIpc) is 2.87. The lowest BCUT2D eigenvalue weighted by Crippen LogP contribution is -2.27. The Kier molecular flexibility index (Phi) is 6.22. The molecule has 1 atom stereocenters. The molecule has 114 valence electrons. The van der Waals surface area contributed by atoms with Crippen LogP contribution in [0.1, 0.15) is 33.1 Å². The molecule has 7 heteroatoms. The molecule has 1 rings (SSSR count). The molecule has 3 N–H and O–H groups in total. The molecule has 0 aliphatic carbocycles. The van der Waals surface area contributed by atoms with Crippen molar-refractivity contribution in [2.75, 3.05) is 6.54 Å². The second kappa shape index (κ2) is 7.44. The molecule has 0 amide bonds. The van der Waals surface area contributed by atoms with E-state index in [0.717, 1.165) is 0 Å². The molecule has 1 unspecified atom stereocenters. The predicted octanol–water partition coefficient (Wildman–Crippen LogP) is 1.82. The summed E-state index contributed by atoms with van der Waals surface area (Å²) in [4.78, 5) is 13.5. The lowest BCUT2D eigenvalue weighted by atomic mass is 9.88. The van der Waals surface area contributed by atoms with Crippen LogP contribution in [0.5, 0.6) is 0 Å². The Hall–Kier alpha value is -1.34. The van der Waals surface area contributed by atoms with Crippen LogP contribution in [-0.4, -0.2) is 31.0 Å². The second-order valence-corrected chi connectivity index (χ2v) is 6.94. The van der Waals surface area contributed by atoms with Crippen molar-refractivity contribution in [3.63, 3.8) is 0 Å². The first-order valence-electron chi connectivity index (χ1n) is 6.67. The Labute approximate surface area is 119 Å². The summed E-state index contributed by atoms with van der Waals surface area (Å²) in [5.74, 6) is -0.297. The van der Waals surface area contributed by atoms with Crippen molar-refractivity contribution in [2.24, 2.45) is 11.8 Å². The van der Waals surface area contributed by atoms with E-state index in [1.165, 1.54) is 12.3 Å². The van der Waals surface area contributed by atoms with Crippen LogP contribution in [0.3, 0.4) is 0 Å². The Bertz CT molecular complexity index is 508. The number of aromatic nitrogens is 1. The van der Waals surface area contributed by atoms with Crippen molar-refractivity contribution in [1.29, 1.82) is 0 Å². The summed E-state index contributed by atoms with van der Waals surface area (Å²) >= 11 is 0. The quantitative estimate of drug-likeness (QED) is 0.648. The number of H-pyrrole nitrogens is 1. The summed E-state index contributed by atoms with van der Waals surface area (Å²) in [6, 6.07) is 1.49. The van der Waals surface area contributed by atoms with E-state index in [0.29, 0.717) is 25.3 Å². The number of hydrogen-bond acceptors (Lipinski definition) is 3. The molecule has 1 heterocycles. The van der Waals surface area contributed by atoms with Crippen LogP contribution < -0.4 is 4.72 Å². The van der Waals surface area contributed by atoms with E-state index in [1.54, 1.807) is 6.20 Å². The van der Waals surface area contributed by atoms with Gasteiger partial charge in [0.05, 0.1) is 4.90 Å². The van der Waals surface area contributed by atoms with E-state index in [2.05, 4.69) is 9.71 Å². The summed E-state index contributed by atoms with van der Waals surface area (Å²) in [5.41, 5.74) is 0. The monoisotopic (exact) mass is 302 g/mol. The fourth-order valence-electron chi connectivity index (χ4n) is 2.06. The second-order valence-electron chi connectivity index (χ2n) is 5.17. The average molecular weight is 302 g/mol. The van der Waals surface area contributed by atoms with Crippen LogP contribution in [0, 0.1) is 11.8 Å². The minimum absolute atomic E-state index is 0.118. The van der Waals surface area contributed by atoms with Gasteiger partial charge in [0.15, 0.2) is 0 Å². The zero-order valence-electron chi connectivity index (χ0n) is 11.8. The van der Waals surface area contributed by atoms with E-state index in [-0.39, 0.29) is 17.2 Å². The number of rotatable bonds is 9. The first kappa shape index (κ1) is 16.7. The number of carboxylic acids is 1. The van der Waals surface area contributed by atoms with Crippen molar-refractivity contribution in [3.05, 3.63) is 18.5 Å². The molecule has 6 nitrogen and oxygen atoms in total. The Morgan fingerprint density at radius 3 is 2.60 bits per heavy atom. The molecule has 0 aliphatic rings. The number of nitrogens with one attached hydrogen (secondary N) is 2. The molecule has 0 bridgehead atoms. The number of sulfonamides is 1. The van der Waals surface area contributed by atoms with Gasteiger partial charge in [-0.05, 0) is 30.7 Å². The minimum Gasteiger partial charge on any atom is -0.481 e. The minimum atomic E-state index is -3.47. The van der Waals surface area contributed by atoms with Gasteiger partial charge in [-0.15, -0.1) is 0 Å². The first-order chi connectivity index (χ1) is 9.33. The van der Waals surface area contributed by atoms with Gasteiger partial charge in [-0.1, -0.05) is 13.8 Å². The van der Waals surface area contributed by atoms with Crippen LogP contribution >= 0.6 is 0 Å². The molecular weight excluding hydrogens is 280 g/mol. The highest BCUT2D eigenvalue weighted by Crippen LogP contribution is 2.20. The molecule has 1 aromatic heterocycles. The van der Waals surface area contributed by atoms with Gasteiger partial charge in [-0.25, -0.2) is 13.1 Å².